The zero-order chi connectivity index (χ0) is 23.3. The van der Waals surface area contributed by atoms with E-state index in [0.29, 0.717) is 6.04 Å². The number of aliphatic carboxylic acids is 1. The first-order chi connectivity index (χ1) is 15.1. The number of ether oxygens (including phenoxy) is 2. The van der Waals surface area contributed by atoms with Gasteiger partial charge in [0.1, 0.15) is 6.61 Å². The lowest BCUT2D eigenvalue weighted by Gasteiger charge is -2.38. The van der Waals surface area contributed by atoms with Gasteiger partial charge < -0.3 is 19.5 Å². The van der Waals surface area contributed by atoms with Crippen LogP contribution in [0.1, 0.15) is 35.4 Å². The molecule has 1 N–H and O–H groups in total. The fourth-order valence-electron chi connectivity index (χ4n) is 4.37. The Morgan fingerprint density at radius 1 is 1.22 bits per heavy atom. The summed E-state index contributed by atoms with van der Waals surface area (Å²) in [7, 11) is 0. The molecule has 0 bridgehead atoms. The number of thiophene rings is 1. The molecule has 3 heterocycles. The van der Waals surface area contributed by atoms with Crippen molar-refractivity contribution >= 4 is 23.2 Å². The Morgan fingerprint density at radius 3 is 2.50 bits per heavy atom. The number of halogens is 3. The van der Waals surface area contributed by atoms with Gasteiger partial charge in [0.25, 0.3) is 0 Å². The molecule has 3 atom stereocenters. The standard InChI is InChI=1S/C19H28N2O3S.C2HF3O2/c1-14-4-5-15(25-14)12-21-10-11-23-19-16(21)6-7-17(19)24-13-18(22)20-8-2-3-9-20;3-2(4,5)1(6)7/h4-5,16-17,19H,2-3,6-13H2,1H3;(H,6,7)/t16-,17+,19+;/m0./s1. The molecule has 1 amide bonds. The Balaban J connectivity index is 0.000000360. The number of likely N-dealkylation sites (tertiary alicyclic amines) is 1. The highest BCUT2D eigenvalue weighted by Crippen LogP contribution is 2.33. The van der Waals surface area contributed by atoms with Gasteiger partial charge >= 0.3 is 12.1 Å². The lowest BCUT2D eigenvalue weighted by Crippen LogP contribution is -2.51. The maximum Gasteiger partial charge on any atom is 0.490 e. The minimum Gasteiger partial charge on any atom is -0.475 e. The molecule has 4 rings (SSSR count). The molecule has 1 aromatic rings. The monoisotopic (exact) mass is 478 g/mol. The molecule has 11 heteroatoms. The van der Waals surface area contributed by atoms with Gasteiger partial charge in [-0.3, -0.25) is 9.69 Å². The molecule has 0 aromatic carbocycles. The van der Waals surface area contributed by atoms with E-state index in [1.807, 2.05) is 16.2 Å². The number of hydrogen-bond donors (Lipinski definition) is 1. The molecule has 1 aromatic heterocycles. The van der Waals surface area contributed by atoms with E-state index in [2.05, 4.69) is 24.0 Å². The fourth-order valence-corrected chi connectivity index (χ4v) is 5.29. The lowest BCUT2D eigenvalue weighted by atomic mass is 10.1. The molecule has 32 heavy (non-hydrogen) atoms. The quantitative estimate of drug-likeness (QED) is 0.701. The van der Waals surface area contributed by atoms with Crippen LogP contribution in [0.15, 0.2) is 12.1 Å². The molecule has 3 fully saturated rings. The van der Waals surface area contributed by atoms with Crippen LogP contribution in [0.3, 0.4) is 0 Å². The predicted octanol–water partition coefficient (Wildman–Crippen LogP) is 3.06. The van der Waals surface area contributed by atoms with Crippen LogP contribution in [0.4, 0.5) is 13.2 Å². The summed E-state index contributed by atoms with van der Waals surface area (Å²) in [6, 6.07) is 4.85. The number of carbonyl (C=O) groups excluding carboxylic acids is 1. The maximum absolute atomic E-state index is 12.2. The van der Waals surface area contributed by atoms with Gasteiger partial charge in [0.05, 0.1) is 18.8 Å². The van der Waals surface area contributed by atoms with Crippen molar-refractivity contribution in [3.8, 4) is 0 Å². The van der Waals surface area contributed by atoms with E-state index in [1.54, 1.807) is 0 Å². The Hall–Kier alpha value is -1.69. The average Bonchev–Trinajstić information content (AvgIpc) is 3.47. The highest BCUT2D eigenvalue weighted by Gasteiger charge is 2.43. The van der Waals surface area contributed by atoms with Crippen LogP contribution in [0.5, 0.6) is 0 Å². The molecule has 0 unspecified atom stereocenters. The summed E-state index contributed by atoms with van der Waals surface area (Å²) >= 11 is 1.88. The number of amides is 1. The molecule has 2 aliphatic heterocycles. The van der Waals surface area contributed by atoms with Gasteiger partial charge in [-0.15, -0.1) is 11.3 Å². The first kappa shape index (κ1) is 24.9. The minimum absolute atomic E-state index is 0.0597. The van der Waals surface area contributed by atoms with Gasteiger partial charge in [0.15, 0.2) is 0 Å². The fraction of sp³-hybridized carbons (Fsp3) is 0.714. The second kappa shape index (κ2) is 11.0. The van der Waals surface area contributed by atoms with Crippen LogP contribution < -0.4 is 0 Å². The Morgan fingerprint density at radius 2 is 1.91 bits per heavy atom. The smallest absolute Gasteiger partial charge is 0.475 e. The van der Waals surface area contributed by atoms with Gasteiger partial charge in [-0.25, -0.2) is 4.79 Å². The molecule has 1 aliphatic carbocycles. The third kappa shape index (κ3) is 6.66. The van der Waals surface area contributed by atoms with Crippen molar-refractivity contribution in [2.75, 3.05) is 32.8 Å². The first-order valence-electron chi connectivity index (χ1n) is 10.8. The summed E-state index contributed by atoms with van der Waals surface area (Å²) < 4.78 is 43.8. The van der Waals surface area contributed by atoms with Gasteiger partial charge in [0.2, 0.25) is 5.91 Å². The lowest BCUT2D eigenvalue weighted by molar-refractivity contribution is -0.192. The number of alkyl halides is 3. The van der Waals surface area contributed by atoms with Crippen molar-refractivity contribution in [2.24, 2.45) is 0 Å². The number of hydrogen-bond acceptors (Lipinski definition) is 6. The van der Waals surface area contributed by atoms with Crippen LogP contribution in [0, 0.1) is 6.92 Å². The number of carbonyl (C=O) groups is 2. The predicted molar refractivity (Wildman–Crippen MR) is 111 cm³/mol. The van der Waals surface area contributed by atoms with E-state index < -0.39 is 12.1 Å². The number of fused-ring (bicyclic) bond motifs is 1. The number of nitrogens with zero attached hydrogens (tertiary/aromatic N) is 2. The van der Waals surface area contributed by atoms with E-state index >= 15 is 0 Å². The summed E-state index contributed by atoms with van der Waals surface area (Å²) in [5, 5.41) is 7.12. The van der Waals surface area contributed by atoms with Crippen molar-refractivity contribution in [1.82, 2.24) is 9.80 Å². The van der Waals surface area contributed by atoms with Crippen LogP contribution in [-0.2, 0) is 25.6 Å². The summed E-state index contributed by atoms with van der Waals surface area (Å²) in [5.41, 5.74) is 0. The Kier molecular flexibility index (Phi) is 8.54. The molecular formula is C21H29F3N2O5S. The van der Waals surface area contributed by atoms with Crippen molar-refractivity contribution in [3.05, 3.63) is 21.9 Å². The molecule has 3 aliphatic rings. The topological polar surface area (TPSA) is 79.3 Å². The summed E-state index contributed by atoms with van der Waals surface area (Å²) in [6.45, 7) is 6.90. The summed E-state index contributed by atoms with van der Waals surface area (Å²) in [4.78, 5) is 28.4. The Labute approximate surface area is 189 Å². The van der Waals surface area contributed by atoms with Crippen molar-refractivity contribution in [2.45, 2.75) is 63.6 Å². The van der Waals surface area contributed by atoms with Crippen molar-refractivity contribution < 1.29 is 37.3 Å². The van der Waals surface area contributed by atoms with Crippen LogP contribution in [0.25, 0.3) is 0 Å². The van der Waals surface area contributed by atoms with Crippen LogP contribution in [-0.4, -0.2) is 84.1 Å². The third-order valence-electron chi connectivity index (χ3n) is 5.93. The number of carboxylic acids is 1. The average molecular weight is 479 g/mol. The van der Waals surface area contributed by atoms with E-state index in [4.69, 9.17) is 19.4 Å². The highest BCUT2D eigenvalue weighted by molar-refractivity contribution is 7.11. The number of morpholine rings is 1. The minimum atomic E-state index is -5.08. The molecule has 7 nitrogen and oxygen atoms in total. The molecule has 1 saturated carbocycles. The number of rotatable bonds is 5. The normalized spacial score (nSPS) is 25.9. The number of aryl methyl sites for hydroxylation is 1. The number of carboxylic acid groups (broad SMARTS) is 1. The highest BCUT2D eigenvalue weighted by atomic mass is 32.1. The van der Waals surface area contributed by atoms with E-state index in [1.165, 1.54) is 9.75 Å². The van der Waals surface area contributed by atoms with Crippen LogP contribution in [0.2, 0.25) is 0 Å². The van der Waals surface area contributed by atoms with Gasteiger partial charge in [-0.05, 0) is 44.7 Å². The van der Waals surface area contributed by atoms with Crippen LogP contribution >= 0.6 is 11.3 Å². The molecule has 0 radical (unpaired) electrons. The largest absolute Gasteiger partial charge is 0.490 e. The van der Waals surface area contributed by atoms with E-state index in [9.17, 15) is 18.0 Å². The van der Waals surface area contributed by atoms with E-state index in [0.717, 1.165) is 58.5 Å². The summed E-state index contributed by atoms with van der Waals surface area (Å²) in [5.74, 6) is -2.62. The first-order valence-corrected chi connectivity index (χ1v) is 11.6. The second-order valence-electron chi connectivity index (χ2n) is 8.20. The third-order valence-corrected chi connectivity index (χ3v) is 6.91. The zero-order valence-corrected chi connectivity index (χ0v) is 18.8. The van der Waals surface area contributed by atoms with Gasteiger partial charge in [-0.2, -0.15) is 13.2 Å². The molecule has 2 saturated heterocycles. The van der Waals surface area contributed by atoms with E-state index in [-0.39, 0.29) is 24.7 Å². The van der Waals surface area contributed by atoms with Crippen molar-refractivity contribution in [3.63, 3.8) is 0 Å². The van der Waals surface area contributed by atoms with Gasteiger partial charge in [0, 0.05) is 42.0 Å². The molecular weight excluding hydrogens is 449 g/mol. The van der Waals surface area contributed by atoms with Crippen molar-refractivity contribution in [1.29, 1.82) is 0 Å². The molecule has 180 valence electrons. The molecule has 0 spiro atoms. The maximum atomic E-state index is 12.2. The second-order valence-corrected chi connectivity index (χ2v) is 9.58. The zero-order valence-electron chi connectivity index (χ0n) is 18.0. The SMILES string of the molecule is Cc1ccc(CN2CCO[C@H]3[C@H](OCC(=O)N4CCCC4)CC[C@@H]32)s1.O=C(O)C(F)(F)F. The Bertz CT molecular complexity index is 782. The summed E-state index contributed by atoms with van der Waals surface area (Å²) in [6.07, 6.45) is -0.578. The van der Waals surface area contributed by atoms with Gasteiger partial charge in [-0.1, -0.05) is 0 Å².